The summed E-state index contributed by atoms with van der Waals surface area (Å²) in [4.78, 5) is 9.69. The molecule has 2 nitrogen and oxygen atoms in total. The zero-order chi connectivity index (χ0) is 6.53. The summed E-state index contributed by atoms with van der Waals surface area (Å²) in [5.41, 5.74) is 0.998. The maximum atomic E-state index is 9.69. The molecule has 0 N–H and O–H groups in total. The first-order valence-electron chi connectivity index (χ1n) is 2.64. The Labute approximate surface area is 52.8 Å². The summed E-state index contributed by atoms with van der Waals surface area (Å²) in [7, 11) is 0. The second-order valence-electron chi connectivity index (χ2n) is 1.66. The molecule has 0 amide bonds. The van der Waals surface area contributed by atoms with Crippen molar-refractivity contribution in [1.82, 2.24) is 0 Å². The lowest BCUT2D eigenvalue weighted by atomic mass is 10.2. The minimum atomic E-state index is 0.611. The van der Waals surface area contributed by atoms with E-state index in [2.05, 4.69) is 0 Å². The van der Waals surface area contributed by atoms with E-state index >= 15 is 0 Å². The van der Waals surface area contributed by atoms with Crippen LogP contribution in [0.3, 0.4) is 0 Å². The van der Waals surface area contributed by atoms with Crippen LogP contribution in [0, 0.1) is 0 Å². The lowest BCUT2D eigenvalue weighted by molar-refractivity contribution is 0.564. The molecule has 0 aliphatic rings. The van der Waals surface area contributed by atoms with E-state index in [1.54, 1.807) is 18.5 Å². The molecule has 46 valence electrons. The third-order valence-corrected chi connectivity index (χ3v) is 1.00. The molecule has 1 rings (SSSR count). The number of rotatable bonds is 2. The lowest BCUT2D eigenvalue weighted by Gasteiger charge is -1.78. The van der Waals surface area contributed by atoms with Crippen molar-refractivity contribution < 1.29 is 9.21 Å². The van der Waals surface area contributed by atoms with E-state index < -0.39 is 0 Å². The van der Waals surface area contributed by atoms with E-state index in [0.29, 0.717) is 6.42 Å². The monoisotopic (exact) mass is 122 g/mol. The summed E-state index contributed by atoms with van der Waals surface area (Å²) in [6.07, 6.45) is 5.21. The van der Waals surface area contributed by atoms with Gasteiger partial charge in [0.1, 0.15) is 5.94 Å². The average molecular weight is 122 g/mol. The highest BCUT2D eigenvalue weighted by atomic mass is 16.3. The molecule has 0 aliphatic carbocycles. The fourth-order valence-electron chi connectivity index (χ4n) is 0.568. The van der Waals surface area contributed by atoms with Gasteiger partial charge in [-0.3, -0.25) is 0 Å². The largest absolute Gasteiger partial charge is 0.472 e. The van der Waals surface area contributed by atoms with Crippen molar-refractivity contribution in [3.63, 3.8) is 0 Å². The number of hydrogen-bond acceptors (Lipinski definition) is 2. The maximum absolute atomic E-state index is 9.69. The number of furan rings is 1. The van der Waals surface area contributed by atoms with E-state index in [1.807, 2.05) is 6.07 Å². The maximum Gasteiger partial charge on any atom is 0.120 e. The fourth-order valence-corrected chi connectivity index (χ4v) is 0.568. The molecule has 1 heterocycles. The molecule has 0 saturated heterocycles. The van der Waals surface area contributed by atoms with Crippen molar-refractivity contribution in [1.29, 1.82) is 0 Å². The lowest BCUT2D eigenvalue weighted by Crippen LogP contribution is -1.72. The second kappa shape index (κ2) is 2.90. The summed E-state index contributed by atoms with van der Waals surface area (Å²) < 4.78 is 4.76. The molecule has 0 saturated carbocycles. The van der Waals surface area contributed by atoms with Crippen LogP contribution in [-0.2, 0) is 11.2 Å². The van der Waals surface area contributed by atoms with Gasteiger partial charge in [0, 0.05) is 12.5 Å². The van der Waals surface area contributed by atoms with Crippen LogP contribution in [0.2, 0.25) is 0 Å². The quantitative estimate of drug-likeness (QED) is 0.552. The Morgan fingerprint density at radius 3 is 3.22 bits per heavy atom. The molecule has 0 atom stereocenters. The van der Waals surface area contributed by atoms with Crippen molar-refractivity contribution in [2.24, 2.45) is 0 Å². The van der Waals surface area contributed by atoms with Gasteiger partial charge in [-0.1, -0.05) is 0 Å². The fraction of sp³-hybridized carbons (Fsp3) is 0.143. The van der Waals surface area contributed by atoms with Crippen molar-refractivity contribution >= 4 is 5.94 Å². The Morgan fingerprint density at radius 2 is 2.67 bits per heavy atom. The third-order valence-electron chi connectivity index (χ3n) is 1.00. The number of carbonyl (C=O) groups excluding carboxylic acids is 1. The summed E-state index contributed by atoms with van der Waals surface area (Å²) in [5, 5.41) is 0. The highest BCUT2D eigenvalue weighted by molar-refractivity contribution is 5.45. The topological polar surface area (TPSA) is 30.2 Å². The van der Waals surface area contributed by atoms with Crippen LogP contribution in [0.25, 0.3) is 0 Å². The van der Waals surface area contributed by atoms with Crippen molar-refractivity contribution in [2.45, 2.75) is 6.42 Å². The smallest absolute Gasteiger partial charge is 0.120 e. The van der Waals surface area contributed by atoms with Crippen LogP contribution in [0.4, 0.5) is 0 Å². The third kappa shape index (κ3) is 1.59. The van der Waals surface area contributed by atoms with Crippen molar-refractivity contribution in [2.75, 3.05) is 0 Å². The van der Waals surface area contributed by atoms with E-state index in [9.17, 15) is 4.79 Å². The van der Waals surface area contributed by atoms with Gasteiger partial charge in [-0.15, -0.1) is 0 Å². The summed E-state index contributed by atoms with van der Waals surface area (Å²) in [6, 6.07) is 1.81. The van der Waals surface area contributed by atoms with Gasteiger partial charge in [-0.2, -0.15) is 0 Å². The Morgan fingerprint density at radius 1 is 1.78 bits per heavy atom. The van der Waals surface area contributed by atoms with Gasteiger partial charge < -0.3 is 4.42 Å². The SMILES string of the molecule is O=C=CCc1ccoc1. The van der Waals surface area contributed by atoms with Crippen molar-refractivity contribution in [3.05, 3.63) is 30.2 Å². The van der Waals surface area contributed by atoms with Gasteiger partial charge in [-0.25, -0.2) is 4.79 Å². The molecule has 1 aromatic rings. The molecule has 2 heteroatoms. The predicted octanol–water partition coefficient (Wildman–Crippen LogP) is 1.21. The van der Waals surface area contributed by atoms with Crippen LogP contribution < -0.4 is 0 Å². The zero-order valence-electron chi connectivity index (χ0n) is 4.83. The molecule has 0 spiro atoms. The van der Waals surface area contributed by atoms with E-state index in [4.69, 9.17) is 4.42 Å². The van der Waals surface area contributed by atoms with Crippen molar-refractivity contribution in [3.8, 4) is 0 Å². The predicted molar refractivity (Wildman–Crippen MR) is 32.7 cm³/mol. The highest BCUT2D eigenvalue weighted by Crippen LogP contribution is 1.99. The first-order chi connectivity index (χ1) is 4.43. The summed E-state index contributed by atoms with van der Waals surface area (Å²) in [6.45, 7) is 0. The summed E-state index contributed by atoms with van der Waals surface area (Å²) >= 11 is 0. The molecule has 0 bridgehead atoms. The normalized spacial score (nSPS) is 8.44. The zero-order valence-corrected chi connectivity index (χ0v) is 4.83. The Balaban J connectivity index is 2.57. The summed E-state index contributed by atoms with van der Waals surface area (Å²) in [5.74, 6) is 1.69. The van der Waals surface area contributed by atoms with Gasteiger partial charge in [-0.05, 0) is 11.6 Å². The standard InChI is InChI=1S/C7H6O2/c8-4-1-2-7-3-5-9-6-7/h1,3,5-6H,2H2. The first kappa shape index (κ1) is 5.86. The molecular weight excluding hydrogens is 116 g/mol. The van der Waals surface area contributed by atoms with Gasteiger partial charge >= 0.3 is 0 Å². The molecule has 0 unspecified atom stereocenters. The van der Waals surface area contributed by atoms with Gasteiger partial charge in [0.15, 0.2) is 0 Å². The van der Waals surface area contributed by atoms with E-state index in [0.717, 1.165) is 5.56 Å². The molecular formula is C7H6O2. The number of allylic oxidation sites excluding steroid dienone is 1. The molecule has 0 fully saturated rings. The van der Waals surface area contributed by atoms with Gasteiger partial charge in [0.2, 0.25) is 0 Å². The number of hydrogen-bond donors (Lipinski definition) is 0. The first-order valence-corrected chi connectivity index (χ1v) is 2.64. The minimum Gasteiger partial charge on any atom is -0.472 e. The molecule has 9 heavy (non-hydrogen) atoms. The Bertz CT molecular complexity index is 205. The van der Waals surface area contributed by atoms with Crippen LogP contribution in [-0.4, -0.2) is 5.94 Å². The highest BCUT2D eigenvalue weighted by Gasteiger charge is 1.87. The average Bonchev–Trinajstić information content (AvgIpc) is 2.34. The van der Waals surface area contributed by atoms with E-state index in [-0.39, 0.29) is 0 Å². The Kier molecular flexibility index (Phi) is 1.89. The van der Waals surface area contributed by atoms with Crippen LogP contribution in [0.15, 0.2) is 29.1 Å². The van der Waals surface area contributed by atoms with Gasteiger partial charge in [0.05, 0.1) is 12.5 Å². The van der Waals surface area contributed by atoms with Crippen LogP contribution in [0.5, 0.6) is 0 Å². The molecule has 0 aromatic carbocycles. The molecule has 1 aromatic heterocycles. The molecule has 0 aliphatic heterocycles. The van der Waals surface area contributed by atoms with Gasteiger partial charge in [0.25, 0.3) is 0 Å². The van der Waals surface area contributed by atoms with Crippen LogP contribution in [0.1, 0.15) is 5.56 Å². The minimum absolute atomic E-state index is 0.611. The second-order valence-corrected chi connectivity index (χ2v) is 1.66. The van der Waals surface area contributed by atoms with Crippen LogP contribution >= 0.6 is 0 Å². The Hall–Kier alpha value is -1.27. The molecule has 0 radical (unpaired) electrons. The van der Waals surface area contributed by atoms with E-state index in [1.165, 1.54) is 6.08 Å².